The van der Waals surface area contributed by atoms with E-state index in [-0.39, 0.29) is 30.9 Å². The van der Waals surface area contributed by atoms with E-state index < -0.39 is 42.0 Å². The van der Waals surface area contributed by atoms with Gasteiger partial charge in [0.15, 0.2) is 0 Å². The smallest absolute Gasteiger partial charge is 0.410 e. The minimum Gasteiger partial charge on any atom is -0.444 e. The molecule has 208 valence electrons. The number of likely N-dealkylation sites (N-methyl/N-ethyl adjacent to an activating group) is 1. The Morgan fingerprint density at radius 2 is 1.82 bits per heavy atom. The Hall–Kier alpha value is -3.14. The van der Waals surface area contributed by atoms with Crippen LogP contribution in [0.15, 0.2) is 24.3 Å². The zero-order chi connectivity index (χ0) is 27.6. The van der Waals surface area contributed by atoms with Gasteiger partial charge in [-0.3, -0.25) is 19.3 Å². The van der Waals surface area contributed by atoms with E-state index in [9.17, 15) is 19.2 Å². The zero-order valence-corrected chi connectivity index (χ0v) is 23.0. The molecule has 0 spiro atoms. The fourth-order valence-corrected chi connectivity index (χ4v) is 5.39. The molecule has 1 aromatic carbocycles. The van der Waals surface area contributed by atoms with Crippen LogP contribution in [0.1, 0.15) is 77.0 Å². The van der Waals surface area contributed by atoms with E-state index in [0.717, 1.165) is 24.8 Å². The number of aryl methyl sites for hydroxylation is 1. The van der Waals surface area contributed by atoms with Gasteiger partial charge in [0.2, 0.25) is 17.7 Å². The van der Waals surface area contributed by atoms with E-state index in [0.29, 0.717) is 12.8 Å². The summed E-state index contributed by atoms with van der Waals surface area (Å²) < 4.78 is 11.3. The summed E-state index contributed by atoms with van der Waals surface area (Å²) >= 11 is 0. The summed E-state index contributed by atoms with van der Waals surface area (Å²) in [5.41, 5.74) is 1.68. The molecule has 0 aromatic heterocycles. The van der Waals surface area contributed by atoms with Crippen molar-refractivity contribution < 1.29 is 28.7 Å². The van der Waals surface area contributed by atoms with Crippen LogP contribution >= 0.6 is 0 Å². The average molecular weight is 529 g/mol. The molecule has 2 saturated heterocycles. The van der Waals surface area contributed by atoms with Crippen molar-refractivity contribution in [2.45, 2.75) is 102 Å². The second-order valence-corrected chi connectivity index (χ2v) is 11.4. The van der Waals surface area contributed by atoms with Crippen molar-refractivity contribution in [3.05, 3.63) is 35.4 Å². The molecule has 5 atom stereocenters. The van der Waals surface area contributed by atoms with E-state index in [1.807, 2.05) is 12.1 Å². The van der Waals surface area contributed by atoms with Gasteiger partial charge in [0.05, 0.1) is 12.6 Å². The number of fused-ring (bicyclic) bond motifs is 2. The van der Waals surface area contributed by atoms with Crippen LogP contribution in [0.25, 0.3) is 0 Å². The molecular formula is C28H40N4O6. The van der Waals surface area contributed by atoms with Gasteiger partial charge >= 0.3 is 6.09 Å². The minimum absolute atomic E-state index is 0.0887. The molecule has 2 N–H and O–H groups in total. The van der Waals surface area contributed by atoms with Gasteiger partial charge in [-0.15, -0.1) is 0 Å². The molecular weight excluding hydrogens is 488 g/mol. The third-order valence-electron chi connectivity index (χ3n) is 7.55. The molecule has 0 saturated carbocycles. The molecule has 2 fully saturated rings. The molecule has 2 heterocycles. The van der Waals surface area contributed by atoms with E-state index in [1.54, 1.807) is 27.7 Å². The van der Waals surface area contributed by atoms with Crippen molar-refractivity contribution in [3.8, 4) is 0 Å². The molecule has 3 aliphatic rings. The largest absolute Gasteiger partial charge is 0.444 e. The third-order valence-corrected chi connectivity index (χ3v) is 7.55. The molecule has 4 amide bonds. The van der Waals surface area contributed by atoms with Gasteiger partial charge < -0.3 is 25.0 Å². The van der Waals surface area contributed by atoms with Gasteiger partial charge in [-0.2, -0.15) is 0 Å². The monoisotopic (exact) mass is 528 g/mol. The maximum atomic E-state index is 13.6. The third kappa shape index (κ3) is 6.11. The lowest BCUT2D eigenvalue weighted by Crippen LogP contribution is -2.57. The van der Waals surface area contributed by atoms with Crippen molar-refractivity contribution in [3.63, 3.8) is 0 Å². The fourth-order valence-electron chi connectivity index (χ4n) is 5.39. The first-order chi connectivity index (χ1) is 18.0. The second-order valence-electron chi connectivity index (χ2n) is 11.4. The quantitative estimate of drug-likeness (QED) is 0.607. The normalized spacial score (nSPS) is 25.9. The van der Waals surface area contributed by atoms with Crippen LogP contribution in [0.3, 0.4) is 0 Å². The maximum absolute atomic E-state index is 13.6. The van der Waals surface area contributed by atoms with Crippen molar-refractivity contribution in [2.24, 2.45) is 0 Å². The number of hydrogen-bond acceptors (Lipinski definition) is 6. The molecule has 1 aromatic rings. The number of hydrogen-bond donors (Lipinski definition) is 2. The Balaban J connectivity index is 1.42. The summed E-state index contributed by atoms with van der Waals surface area (Å²) in [6.07, 6.45) is 3.05. The Kier molecular flexibility index (Phi) is 8.30. The summed E-state index contributed by atoms with van der Waals surface area (Å²) in [7, 11) is 1.48. The molecule has 0 unspecified atom stereocenters. The highest BCUT2D eigenvalue weighted by atomic mass is 16.6. The number of ether oxygens (including phenoxy) is 2. The first kappa shape index (κ1) is 27.9. The highest BCUT2D eigenvalue weighted by Gasteiger charge is 2.46. The van der Waals surface area contributed by atoms with Crippen molar-refractivity contribution in [1.82, 2.24) is 20.4 Å². The number of benzene rings is 1. The molecule has 1 aliphatic carbocycles. The first-order valence-electron chi connectivity index (χ1n) is 13.5. The number of carbonyl (C=O) groups excluding carboxylic acids is 4. The molecule has 10 nitrogen and oxygen atoms in total. The van der Waals surface area contributed by atoms with Crippen LogP contribution in [-0.2, 0) is 30.3 Å². The first-order valence-corrected chi connectivity index (χ1v) is 13.5. The van der Waals surface area contributed by atoms with Crippen LogP contribution < -0.4 is 10.6 Å². The van der Waals surface area contributed by atoms with Crippen LogP contribution in [0.5, 0.6) is 0 Å². The lowest BCUT2D eigenvalue weighted by atomic mass is 9.87. The molecule has 4 rings (SSSR count). The van der Waals surface area contributed by atoms with Crippen LogP contribution in [0.4, 0.5) is 4.79 Å². The summed E-state index contributed by atoms with van der Waals surface area (Å²) in [6.45, 7) is 7.10. The summed E-state index contributed by atoms with van der Waals surface area (Å²) in [5, 5.41) is 5.96. The lowest BCUT2D eigenvalue weighted by Gasteiger charge is -2.33. The van der Waals surface area contributed by atoms with Gasteiger partial charge in [0.1, 0.15) is 30.0 Å². The van der Waals surface area contributed by atoms with E-state index in [4.69, 9.17) is 9.47 Å². The predicted octanol–water partition coefficient (Wildman–Crippen LogP) is 2.66. The Labute approximate surface area is 224 Å². The fraction of sp³-hybridized carbons (Fsp3) is 0.643. The molecule has 2 aliphatic heterocycles. The Bertz CT molecular complexity index is 1070. The SMILES string of the molecule is C[C@@H](C(=O)N[C@H]1CCO[C@H]2CC[C@H](C(=O)N[C@@H]3CCCc4ccccc43)N2C1=O)N(C)C(=O)OC(C)(C)C. The van der Waals surface area contributed by atoms with Gasteiger partial charge in [-0.25, -0.2) is 4.79 Å². The lowest BCUT2D eigenvalue weighted by molar-refractivity contribution is -0.149. The number of rotatable bonds is 5. The number of amides is 4. The molecule has 0 bridgehead atoms. The van der Waals surface area contributed by atoms with Crippen LogP contribution in [0, 0.1) is 0 Å². The predicted molar refractivity (Wildman–Crippen MR) is 140 cm³/mol. The summed E-state index contributed by atoms with van der Waals surface area (Å²) in [4.78, 5) is 55.2. The van der Waals surface area contributed by atoms with Gasteiger partial charge in [-0.05, 0) is 70.9 Å². The van der Waals surface area contributed by atoms with E-state index in [1.165, 1.54) is 22.4 Å². The summed E-state index contributed by atoms with van der Waals surface area (Å²) in [6, 6.07) is 5.68. The van der Waals surface area contributed by atoms with Crippen LogP contribution in [0.2, 0.25) is 0 Å². The van der Waals surface area contributed by atoms with Crippen molar-refractivity contribution >= 4 is 23.8 Å². The van der Waals surface area contributed by atoms with Gasteiger partial charge in [-0.1, -0.05) is 24.3 Å². The molecule has 10 heteroatoms. The average Bonchev–Trinajstić information content (AvgIpc) is 3.23. The Morgan fingerprint density at radius 3 is 2.55 bits per heavy atom. The van der Waals surface area contributed by atoms with E-state index in [2.05, 4.69) is 22.8 Å². The number of carbonyl (C=O) groups is 4. The van der Waals surface area contributed by atoms with Gasteiger partial charge in [0, 0.05) is 13.5 Å². The number of nitrogens with zero attached hydrogens (tertiary/aromatic N) is 2. The molecule has 0 radical (unpaired) electrons. The Morgan fingerprint density at radius 1 is 1.08 bits per heavy atom. The van der Waals surface area contributed by atoms with Gasteiger partial charge in [0.25, 0.3) is 0 Å². The van der Waals surface area contributed by atoms with E-state index >= 15 is 0 Å². The van der Waals surface area contributed by atoms with Crippen molar-refractivity contribution in [2.75, 3.05) is 13.7 Å². The van der Waals surface area contributed by atoms with Crippen LogP contribution in [-0.4, -0.2) is 77.2 Å². The topological polar surface area (TPSA) is 117 Å². The second kappa shape index (κ2) is 11.3. The minimum atomic E-state index is -0.860. The standard InChI is InChI=1S/C28H40N4O6/c1-17(31(5)27(36)38-28(2,3)4)24(33)30-21-15-16-37-23-14-13-22(32(23)26(21)35)25(34)29-20-12-8-10-18-9-6-7-11-19(18)20/h6-7,9,11,17,20-23H,8,10,12-16H2,1-5H3,(H,29,34)(H,30,33)/t17-,20+,21-,22+,23-/m0/s1. The zero-order valence-electron chi connectivity index (χ0n) is 23.0. The van der Waals surface area contributed by atoms with Crippen molar-refractivity contribution in [1.29, 1.82) is 0 Å². The molecule has 38 heavy (non-hydrogen) atoms. The highest BCUT2D eigenvalue weighted by molar-refractivity contribution is 5.94. The maximum Gasteiger partial charge on any atom is 0.410 e. The number of nitrogens with one attached hydrogen (secondary N) is 2. The summed E-state index contributed by atoms with van der Waals surface area (Å²) in [5.74, 6) is -1.01. The highest BCUT2D eigenvalue weighted by Crippen LogP contribution is 2.32.